The number of hydrogen-bond acceptors (Lipinski definition) is 2. The largest absolute Gasteiger partial charge is 0.311 e. The molecule has 2 atom stereocenters. The summed E-state index contributed by atoms with van der Waals surface area (Å²) in [7, 11) is 0. The average molecular weight is 250 g/mol. The van der Waals surface area contributed by atoms with E-state index in [1.807, 2.05) is 6.07 Å². The predicted octanol–water partition coefficient (Wildman–Crippen LogP) is 2.79. The minimum Gasteiger partial charge on any atom is -0.311 e. The summed E-state index contributed by atoms with van der Waals surface area (Å²) in [6, 6.07) is 8.06. The number of rotatable bonds is 4. The van der Waals surface area contributed by atoms with Gasteiger partial charge in [-0.25, -0.2) is 4.39 Å². The molecule has 1 heterocycles. The van der Waals surface area contributed by atoms with Gasteiger partial charge in [0.05, 0.1) is 0 Å². The van der Waals surface area contributed by atoms with Crippen LogP contribution in [-0.2, 0) is 6.54 Å². The molecule has 3 heteroatoms. The zero-order chi connectivity index (χ0) is 13.0. The molecule has 1 fully saturated rings. The van der Waals surface area contributed by atoms with Crippen LogP contribution in [0.3, 0.4) is 0 Å². The highest BCUT2D eigenvalue weighted by atomic mass is 19.1. The third-order valence-electron chi connectivity index (χ3n) is 3.62. The minimum absolute atomic E-state index is 0.136. The minimum atomic E-state index is -0.136. The first kappa shape index (κ1) is 13.5. The van der Waals surface area contributed by atoms with E-state index < -0.39 is 0 Å². The summed E-state index contributed by atoms with van der Waals surface area (Å²) in [6.45, 7) is 7.37. The molecule has 0 aliphatic carbocycles. The van der Waals surface area contributed by atoms with E-state index >= 15 is 0 Å². The van der Waals surface area contributed by atoms with Gasteiger partial charge in [-0.15, -0.1) is 0 Å². The maximum atomic E-state index is 13.2. The normalized spacial score (nSPS) is 25.3. The molecule has 2 unspecified atom stereocenters. The maximum absolute atomic E-state index is 13.2. The van der Waals surface area contributed by atoms with Crippen LogP contribution >= 0.6 is 0 Å². The van der Waals surface area contributed by atoms with Gasteiger partial charge in [-0.05, 0) is 31.0 Å². The van der Waals surface area contributed by atoms with Crippen LogP contribution in [0.1, 0.15) is 32.3 Å². The molecule has 100 valence electrons. The van der Waals surface area contributed by atoms with Crippen molar-refractivity contribution in [3.63, 3.8) is 0 Å². The molecule has 1 N–H and O–H groups in total. The molecule has 2 nitrogen and oxygen atoms in total. The third kappa shape index (κ3) is 3.53. The fourth-order valence-corrected chi connectivity index (χ4v) is 2.71. The van der Waals surface area contributed by atoms with Crippen LogP contribution in [0.2, 0.25) is 0 Å². The molecule has 0 radical (unpaired) electrons. The van der Waals surface area contributed by atoms with Gasteiger partial charge in [0.2, 0.25) is 0 Å². The fourth-order valence-electron chi connectivity index (χ4n) is 2.71. The molecule has 1 aliphatic heterocycles. The molecule has 18 heavy (non-hydrogen) atoms. The van der Waals surface area contributed by atoms with Crippen molar-refractivity contribution in [1.29, 1.82) is 0 Å². The van der Waals surface area contributed by atoms with Crippen molar-refractivity contribution in [3.8, 4) is 0 Å². The molecule has 1 saturated heterocycles. The van der Waals surface area contributed by atoms with Gasteiger partial charge in [-0.2, -0.15) is 0 Å². The van der Waals surface area contributed by atoms with Gasteiger partial charge >= 0.3 is 0 Å². The molecule has 0 amide bonds. The van der Waals surface area contributed by atoms with Crippen molar-refractivity contribution in [2.24, 2.45) is 0 Å². The van der Waals surface area contributed by atoms with Gasteiger partial charge in [0, 0.05) is 31.7 Å². The molecule has 0 aromatic heterocycles. The van der Waals surface area contributed by atoms with Crippen LogP contribution in [-0.4, -0.2) is 30.1 Å². The second-order valence-corrected chi connectivity index (χ2v) is 5.31. The molecule has 1 aromatic rings. The van der Waals surface area contributed by atoms with Crippen LogP contribution < -0.4 is 5.32 Å². The zero-order valence-corrected chi connectivity index (χ0v) is 11.3. The molecule has 0 spiro atoms. The molecule has 0 bridgehead atoms. The van der Waals surface area contributed by atoms with E-state index in [0.717, 1.165) is 25.2 Å². The fraction of sp³-hybridized carbons (Fsp3) is 0.600. The number of nitrogens with zero attached hydrogens (tertiary/aromatic N) is 1. The summed E-state index contributed by atoms with van der Waals surface area (Å²) in [5.41, 5.74) is 1.07. The SMILES string of the molecule is CCCC1CNC(C)CN1Cc1cccc(F)c1. The predicted molar refractivity (Wildman–Crippen MR) is 73.0 cm³/mol. The second-order valence-electron chi connectivity index (χ2n) is 5.31. The van der Waals surface area contributed by atoms with E-state index in [1.54, 1.807) is 12.1 Å². The first-order chi connectivity index (χ1) is 8.69. The van der Waals surface area contributed by atoms with Crippen molar-refractivity contribution in [1.82, 2.24) is 10.2 Å². The Bertz CT molecular complexity index is 381. The quantitative estimate of drug-likeness (QED) is 0.884. The number of hydrogen-bond donors (Lipinski definition) is 1. The Labute approximate surface area is 109 Å². The van der Waals surface area contributed by atoms with Gasteiger partial charge in [0.1, 0.15) is 5.82 Å². The topological polar surface area (TPSA) is 15.3 Å². The van der Waals surface area contributed by atoms with Gasteiger partial charge in [0.15, 0.2) is 0 Å². The number of nitrogens with one attached hydrogen (secondary N) is 1. The van der Waals surface area contributed by atoms with E-state index in [2.05, 4.69) is 24.1 Å². The van der Waals surface area contributed by atoms with E-state index in [1.165, 1.54) is 18.9 Å². The van der Waals surface area contributed by atoms with Crippen LogP contribution in [0.5, 0.6) is 0 Å². The summed E-state index contributed by atoms with van der Waals surface area (Å²) in [5.74, 6) is -0.136. The molecule has 0 saturated carbocycles. The summed E-state index contributed by atoms with van der Waals surface area (Å²) >= 11 is 0. The van der Waals surface area contributed by atoms with Gasteiger partial charge in [0.25, 0.3) is 0 Å². The monoisotopic (exact) mass is 250 g/mol. The number of piperazine rings is 1. The van der Waals surface area contributed by atoms with E-state index in [9.17, 15) is 4.39 Å². The second kappa shape index (κ2) is 6.30. The Morgan fingerprint density at radius 2 is 2.28 bits per heavy atom. The molecule has 1 aromatic carbocycles. The summed E-state index contributed by atoms with van der Waals surface area (Å²) < 4.78 is 13.2. The van der Waals surface area contributed by atoms with Gasteiger partial charge in [-0.3, -0.25) is 4.90 Å². The van der Waals surface area contributed by atoms with Crippen molar-refractivity contribution >= 4 is 0 Å². The first-order valence-electron chi connectivity index (χ1n) is 6.91. The standard InChI is InChI=1S/C15H23FN2/c1-3-5-15-9-17-12(2)10-18(15)11-13-6-4-7-14(16)8-13/h4,6-8,12,15,17H,3,5,9-11H2,1-2H3. The Morgan fingerprint density at radius 3 is 3.00 bits per heavy atom. The number of benzene rings is 1. The zero-order valence-electron chi connectivity index (χ0n) is 11.3. The maximum Gasteiger partial charge on any atom is 0.123 e. The lowest BCUT2D eigenvalue weighted by atomic mass is 10.0. The molecular weight excluding hydrogens is 227 g/mol. The smallest absolute Gasteiger partial charge is 0.123 e. The highest BCUT2D eigenvalue weighted by Gasteiger charge is 2.24. The first-order valence-corrected chi connectivity index (χ1v) is 6.91. The summed E-state index contributed by atoms with van der Waals surface area (Å²) in [4.78, 5) is 2.49. The summed E-state index contributed by atoms with van der Waals surface area (Å²) in [6.07, 6.45) is 2.40. The van der Waals surface area contributed by atoms with Crippen LogP contribution in [0.15, 0.2) is 24.3 Å². The highest BCUT2D eigenvalue weighted by molar-refractivity contribution is 5.16. The third-order valence-corrected chi connectivity index (χ3v) is 3.62. The Hall–Kier alpha value is -0.930. The van der Waals surface area contributed by atoms with Gasteiger partial charge < -0.3 is 5.32 Å². The van der Waals surface area contributed by atoms with Crippen molar-refractivity contribution in [2.75, 3.05) is 13.1 Å². The van der Waals surface area contributed by atoms with Crippen molar-refractivity contribution in [2.45, 2.75) is 45.3 Å². The van der Waals surface area contributed by atoms with E-state index in [0.29, 0.717) is 12.1 Å². The van der Waals surface area contributed by atoms with Crippen molar-refractivity contribution in [3.05, 3.63) is 35.6 Å². The van der Waals surface area contributed by atoms with Crippen LogP contribution in [0, 0.1) is 5.82 Å². The number of halogens is 1. The Morgan fingerprint density at radius 1 is 1.44 bits per heavy atom. The van der Waals surface area contributed by atoms with E-state index in [4.69, 9.17) is 0 Å². The Kier molecular flexibility index (Phi) is 4.72. The molecule has 2 rings (SSSR count). The van der Waals surface area contributed by atoms with E-state index in [-0.39, 0.29) is 5.82 Å². The van der Waals surface area contributed by atoms with Crippen molar-refractivity contribution < 1.29 is 4.39 Å². The van der Waals surface area contributed by atoms with Crippen LogP contribution in [0.25, 0.3) is 0 Å². The average Bonchev–Trinajstić information content (AvgIpc) is 2.33. The lowest BCUT2D eigenvalue weighted by Gasteiger charge is -2.39. The highest BCUT2D eigenvalue weighted by Crippen LogP contribution is 2.16. The van der Waals surface area contributed by atoms with Crippen LogP contribution in [0.4, 0.5) is 4.39 Å². The van der Waals surface area contributed by atoms with Gasteiger partial charge in [-0.1, -0.05) is 25.5 Å². The lowest BCUT2D eigenvalue weighted by Crippen LogP contribution is -2.54. The molecular formula is C15H23FN2. The lowest BCUT2D eigenvalue weighted by molar-refractivity contribution is 0.120. The molecule has 1 aliphatic rings. The summed E-state index contributed by atoms with van der Waals surface area (Å²) in [5, 5.41) is 3.53. The Balaban J connectivity index is 2.03.